The number of nitro benzene ring substituents is 2. The van der Waals surface area contributed by atoms with Crippen molar-refractivity contribution >= 4 is 23.0 Å². The summed E-state index contributed by atoms with van der Waals surface area (Å²) in [7, 11) is 2.79. The van der Waals surface area contributed by atoms with Gasteiger partial charge < -0.3 is 9.47 Å². The molecule has 0 fully saturated rings. The summed E-state index contributed by atoms with van der Waals surface area (Å²) in [5.74, 6) is 0.545. The van der Waals surface area contributed by atoms with Crippen molar-refractivity contribution in [3.05, 3.63) is 66.2 Å². The smallest absolute Gasteiger partial charge is 0.276 e. The van der Waals surface area contributed by atoms with Crippen molar-refractivity contribution in [1.82, 2.24) is 0 Å². The lowest BCUT2D eigenvalue weighted by molar-refractivity contribution is -0.385. The van der Waals surface area contributed by atoms with E-state index in [-0.39, 0.29) is 17.1 Å². The number of nitriles is 1. The Morgan fingerprint density at radius 1 is 0.926 bits per heavy atom. The van der Waals surface area contributed by atoms with Gasteiger partial charge in [-0.25, -0.2) is 0 Å². The third kappa shape index (κ3) is 5.29. The van der Waals surface area contributed by atoms with Crippen molar-refractivity contribution in [1.29, 1.82) is 5.26 Å². The zero-order chi connectivity index (χ0) is 20.7. The molecule has 2 aromatic rings. The fraction of sp³-hybridized carbons (Fsp3) is 0.235. The number of ether oxygens (including phenoxy) is 2. The molecule has 2 rings (SSSR count). The van der Waals surface area contributed by atoms with E-state index in [9.17, 15) is 20.2 Å². The number of aryl methyl sites for hydroxylation is 2. The summed E-state index contributed by atoms with van der Waals surface area (Å²) < 4.78 is 9.71. The lowest BCUT2D eigenvalue weighted by atomic mass is 10.1. The van der Waals surface area contributed by atoms with Gasteiger partial charge >= 0.3 is 0 Å². The number of rotatable bonds is 4. The number of methoxy groups -OCH3 is 2. The van der Waals surface area contributed by atoms with Crippen LogP contribution in [-0.4, -0.2) is 24.1 Å². The maximum atomic E-state index is 10.6. The highest BCUT2D eigenvalue weighted by atomic mass is 35.5. The zero-order valence-electron chi connectivity index (χ0n) is 15.0. The SMILES string of the molecule is COc1cc([N+](=O)[O-])c(C)cc1C#N.COc1cc([N+](=O)[O-])c(C)cc1Cl. The van der Waals surface area contributed by atoms with E-state index in [0.29, 0.717) is 27.5 Å². The average molecular weight is 394 g/mol. The monoisotopic (exact) mass is 393 g/mol. The molecule has 0 amide bonds. The van der Waals surface area contributed by atoms with E-state index >= 15 is 0 Å². The van der Waals surface area contributed by atoms with Crippen LogP contribution in [0.2, 0.25) is 5.02 Å². The van der Waals surface area contributed by atoms with Crippen LogP contribution in [0, 0.1) is 45.4 Å². The van der Waals surface area contributed by atoms with Crippen LogP contribution in [0.5, 0.6) is 11.5 Å². The lowest BCUT2D eigenvalue weighted by Crippen LogP contribution is -1.95. The van der Waals surface area contributed by atoms with E-state index in [1.807, 2.05) is 6.07 Å². The van der Waals surface area contributed by atoms with Gasteiger partial charge in [-0.2, -0.15) is 5.26 Å². The van der Waals surface area contributed by atoms with Crippen LogP contribution in [0.25, 0.3) is 0 Å². The van der Waals surface area contributed by atoms with E-state index in [2.05, 4.69) is 0 Å². The summed E-state index contributed by atoms with van der Waals surface area (Å²) >= 11 is 5.76. The van der Waals surface area contributed by atoms with Crippen LogP contribution in [0.1, 0.15) is 16.7 Å². The minimum absolute atomic E-state index is 0.0150. The number of nitrogens with zero attached hydrogens (tertiary/aromatic N) is 3. The predicted octanol–water partition coefficient (Wildman–Crippen LogP) is 4.35. The third-order valence-electron chi connectivity index (χ3n) is 3.50. The molecule has 0 N–H and O–H groups in total. The third-order valence-corrected chi connectivity index (χ3v) is 3.80. The van der Waals surface area contributed by atoms with Crippen LogP contribution < -0.4 is 9.47 Å². The Hall–Kier alpha value is -3.38. The molecule has 0 saturated carbocycles. The number of benzene rings is 2. The normalized spacial score (nSPS) is 9.48. The molecule has 27 heavy (non-hydrogen) atoms. The molecule has 10 heteroatoms. The Morgan fingerprint density at radius 3 is 1.78 bits per heavy atom. The van der Waals surface area contributed by atoms with Gasteiger partial charge in [0.2, 0.25) is 0 Å². The molecule has 0 heterocycles. The van der Waals surface area contributed by atoms with Crippen LogP contribution >= 0.6 is 11.6 Å². The molecule has 0 bridgehead atoms. The van der Waals surface area contributed by atoms with Crippen LogP contribution in [0.15, 0.2) is 24.3 Å². The molecule has 0 aliphatic heterocycles. The molecule has 0 spiro atoms. The van der Waals surface area contributed by atoms with Gasteiger partial charge in [-0.3, -0.25) is 20.2 Å². The van der Waals surface area contributed by atoms with Gasteiger partial charge in [0, 0.05) is 11.1 Å². The topological polar surface area (TPSA) is 129 Å². The second-order valence-corrected chi connectivity index (χ2v) is 5.65. The minimum atomic E-state index is -0.501. The molecular formula is C17H16ClN3O6. The zero-order valence-corrected chi connectivity index (χ0v) is 15.7. The fourth-order valence-electron chi connectivity index (χ4n) is 2.13. The van der Waals surface area contributed by atoms with Crippen molar-refractivity contribution in [3.8, 4) is 17.6 Å². The molecule has 0 aromatic heterocycles. The molecule has 2 aromatic carbocycles. The summed E-state index contributed by atoms with van der Waals surface area (Å²) in [4.78, 5) is 20.1. The van der Waals surface area contributed by atoms with Gasteiger partial charge in [0.1, 0.15) is 17.6 Å². The second-order valence-electron chi connectivity index (χ2n) is 5.24. The summed E-state index contributed by atoms with van der Waals surface area (Å²) in [6.45, 7) is 3.21. The maximum absolute atomic E-state index is 10.6. The molecule has 9 nitrogen and oxygen atoms in total. The number of nitro groups is 2. The molecule has 142 valence electrons. The Labute approximate surface area is 160 Å². The van der Waals surface area contributed by atoms with Crippen LogP contribution in [-0.2, 0) is 0 Å². The maximum Gasteiger partial charge on any atom is 0.276 e. The van der Waals surface area contributed by atoms with Crippen LogP contribution in [0.3, 0.4) is 0 Å². The lowest BCUT2D eigenvalue weighted by Gasteiger charge is -2.03. The number of hydrogen-bond donors (Lipinski definition) is 0. The Morgan fingerprint density at radius 2 is 1.37 bits per heavy atom. The molecular weight excluding hydrogens is 378 g/mol. The summed E-state index contributed by atoms with van der Waals surface area (Å²) in [6, 6.07) is 7.43. The molecule has 0 atom stereocenters. The van der Waals surface area contributed by atoms with Gasteiger partial charge in [-0.15, -0.1) is 0 Å². The summed E-state index contributed by atoms with van der Waals surface area (Å²) in [5, 5.41) is 30.1. The van der Waals surface area contributed by atoms with Crippen LogP contribution in [0.4, 0.5) is 11.4 Å². The average Bonchev–Trinajstić information content (AvgIpc) is 2.61. The highest BCUT2D eigenvalue weighted by Gasteiger charge is 2.15. The first kappa shape index (κ1) is 21.7. The standard InChI is InChI=1S/C9H8N2O3.C8H8ClNO3/c1-6-3-7(5-10)9(14-2)4-8(6)11(12)13;1-5-3-6(9)8(13-2)4-7(5)10(11)12/h3-4H,1-2H3;3-4H,1-2H3. The van der Waals surface area contributed by atoms with E-state index in [1.165, 1.54) is 38.5 Å². The van der Waals surface area contributed by atoms with Gasteiger partial charge in [-0.05, 0) is 26.0 Å². The first-order valence-electron chi connectivity index (χ1n) is 7.37. The van der Waals surface area contributed by atoms with E-state index in [1.54, 1.807) is 13.8 Å². The molecule has 0 unspecified atom stereocenters. The Bertz CT molecular complexity index is 924. The fourth-order valence-corrected chi connectivity index (χ4v) is 2.42. The van der Waals surface area contributed by atoms with E-state index in [0.717, 1.165) is 0 Å². The Kier molecular flexibility index (Phi) is 7.50. The van der Waals surface area contributed by atoms with Gasteiger partial charge in [0.15, 0.2) is 0 Å². The van der Waals surface area contributed by atoms with E-state index in [4.69, 9.17) is 26.3 Å². The number of hydrogen-bond acceptors (Lipinski definition) is 7. The summed E-state index contributed by atoms with van der Waals surface area (Å²) in [6.07, 6.45) is 0. The first-order chi connectivity index (χ1) is 12.7. The molecule has 0 aliphatic carbocycles. The Balaban J connectivity index is 0.000000271. The van der Waals surface area contributed by atoms with Crippen molar-refractivity contribution < 1.29 is 19.3 Å². The van der Waals surface area contributed by atoms with Crippen molar-refractivity contribution in [2.24, 2.45) is 0 Å². The number of halogens is 1. The van der Waals surface area contributed by atoms with Crippen molar-refractivity contribution in [2.75, 3.05) is 14.2 Å². The van der Waals surface area contributed by atoms with Gasteiger partial charge in [0.05, 0.1) is 46.8 Å². The largest absolute Gasteiger partial charge is 0.495 e. The van der Waals surface area contributed by atoms with Crippen molar-refractivity contribution in [2.45, 2.75) is 13.8 Å². The molecule has 0 saturated heterocycles. The van der Waals surface area contributed by atoms with Gasteiger partial charge in [-0.1, -0.05) is 11.6 Å². The quantitative estimate of drug-likeness (QED) is 0.557. The minimum Gasteiger partial charge on any atom is -0.495 e. The van der Waals surface area contributed by atoms with Crippen molar-refractivity contribution in [3.63, 3.8) is 0 Å². The van der Waals surface area contributed by atoms with E-state index < -0.39 is 9.85 Å². The second kappa shape index (κ2) is 9.35. The molecule has 0 aliphatic rings. The summed E-state index contributed by atoms with van der Waals surface area (Å²) in [5.41, 5.74) is 1.25. The van der Waals surface area contributed by atoms with Gasteiger partial charge in [0.25, 0.3) is 11.4 Å². The highest BCUT2D eigenvalue weighted by molar-refractivity contribution is 6.32. The molecule has 0 radical (unpaired) electrons. The predicted molar refractivity (Wildman–Crippen MR) is 98.5 cm³/mol. The highest BCUT2D eigenvalue weighted by Crippen LogP contribution is 2.31. The first-order valence-corrected chi connectivity index (χ1v) is 7.75.